The average molecular weight is 286 g/mol. The van der Waals surface area contributed by atoms with Crippen LogP contribution in [0.4, 0.5) is 0 Å². The standard InChI is InChI=1S/C16H18N2O3/c1-11-3-5-12(6-4-11)13(9-10-17)18-14(16(20)21-2)7-8-15(18)19/h3-6,13-14H,7-9H2,1-2H3. The number of carbonyl (C=O) groups is 2. The zero-order valence-corrected chi connectivity index (χ0v) is 12.2. The van der Waals surface area contributed by atoms with Gasteiger partial charge in [0.25, 0.3) is 0 Å². The molecule has 1 aromatic rings. The number of likely N-dealkylation sites (tertiary alicyclic amines) is 1. The van der Waals surface area contributed by atoms with Crippen molar-refractivity contribution in [2.45, 2.75) is 38.3 Å². The molecule has 1 heterocycles. The van der Waals surface area contributed by atoms with Crippen LogP contribution in [0.15, 0.2) is 24.3 Å². The largest absolute Gasteiger partial charge is 0.467 e. The zero-order valence-electron chi connectivity index (χ0n) is 12.2. The van der Waals surface area contributed by atoms with Crippen LogP contribution in [0.3, 0.4) is 0 Å². The Hall–Kier alpha value is -2.35. The Morgan fingerprint density at radius 3 is 2.71 bits per heavy atom. The van der Waals surface area contributed by atoms with Gasteiger partial charge in [0.1, 0.15) is 6.04 Å². The molecule has 2 rings (SSSR count). The summed E-state index contributed by atoms with van der Waals surface area (Å²) in [6, 6.07) is 8.78. The molecule has 2 atom stereocenters. The van der Waals surface area contributed by atoms with E-state index >= 15 is 0 Å². The topological polar surface area (TPSA) is 70.4 Å². The molecule has 1 aromatic carbocycles. The predicted octanol–water partition coefficient (Wildman–Crippen LogP) is 2.11. The van der Waals surface area contributed by atoms with Gasteiger partial charge in [-0.05, 0) is 18.9 Å². The molecule has 0 radical (unpaired) electrons. The Balaban J connectivity index is 2.35. The van der Waals surface area contributed by atoms with Crippen molar-refractivity contribution in [1.82, 2.24) is 4.90 Å². The molecule has 0 bridgehead atoms. The summed E-state index contributed by atoms with van der Waals surface area (Å²) in [5.41, 5.74) is 1.97. The van der Waals surface area contributed by atoms with Crippen molar-refractivity contribution in [3.05, 3.63) is 35.4 Å². The number of methoxy groups -OCH3 is 1. The predicted molar refractivity (Wildman–Crippen MR) is 76.0 cm³/mol. The second-order valence-corrected chi connectivity index (χ2v) is 5.17. The van der Waals surface area contributed by atoms with Gasteiger partial charge in [0.15, 0.2) is 0 Å². The van der Waals surface area contributed by atoms with Gasteiger partial charge < -0.3 is 9.64 Å². The molecule has 1 aliphatic heterocycles. The molecule has 1 amide bonds. The number of ether oxygens (including phenoxy) is 1. The molecule has 5 heteroatoms. The van der Waals surface area contributed by atoms with Gasteiger partial charge in [0.2, 0.25) is 5.91 Å². The first-order valence-corrected chi connectivity index (χ1v) is 6.91. The molecule has 1 aliphatic rings. The summed E-state index contributed by atoms with van der Waals surface area (Å²) in [5.74, 6) is -0.526. The molecule has 0 saturated carbocycles. The maximum absolute atomic E-state index is 12.2. The molecule has 0 N–H and O–H groups in total. The lowest BCUT2D eigenvalue weighted by molar-refractivity contribution is -0.150. The molecule has 21 heavy (non-hydrogen) atoms. The lowest BCUT2D eigenvalue weighted by Crippen LogP contribution is -2.41. The van der Waals surface area contributed by atoms with E-state index in [4.69, 9.17) is 10.00 Å². The number of hydrogen-bond donors (Lipinski definition) is 0. The van der Waals surface area contributed by atoms with Crippen molar-refractivity contribution in [3.63, 3.8) is 0 Å². The second kappa shape index (κ2) is 6.40. The van der Waals surface area contributed by atoms with Crippen molar-refractivity contribution in [2.75, 3.05) is 7.11 Å². The van der Waals surface area contributed by atoms with Crippen LogP contribution < -0.4 is 0 Å². The van der Waals surface area contributed by atoms with Crippen LogP contribution >= 0.6 is 0 Å². The number of carbonyl (C=O) groups excluding carboxylic acids is 2. The van der Waals surface area contributed by atoms with Gasteiger partial charge in [-0.3, -0.25) is 4.79 Å². The molecule has 5 nitrogen and oxygen atoms in total. The van der Waals surface area contributed by atoms with Gasteiger partial charge in [-0.2, -0.15) is 5.26 Å². The molecule has 0 aliphatic carbocycles. The minimum atomic E-state index is -0.595. The third kappa shape index (κ3) is 3.05. The van der Waals surface area contributed by atoms with Gasteiger partial charge in [-0.15, -0.1) is 0 Å². The van der Waals surface area contributed by atoms with Crippen molar-refractivity contribution >= 4 is 11.9 Å². The Labute approximate surface area is 124 Å². The minimum absolute atomic E-state index is 0.105. The monoisotopic (exact) mass is 286 g/mol. The number of esters is 1. The van der Waals surface area contributed by atoms with Crippen LogP contribution in [0.5, 0.6) is 0 Å². The molecule has 0 spiro atoms. The number of nitrogens with zero attached hydrogens (tertiary/aromatic N) is 2. The molecule has 2 unspecified atom stereocenters. The van der Waals surface area contributed by atoms with Crippen LogP contribution in [0.1, 0.15) is 36.4 Å². The number of rotatable bonds is 4. The Bertz CT molecular complexity index is 574. The van der Waals surface area contributed by atoms with E-state index in [1.54, 1.807) is 0 Å². The summed E-state index contributed by atoms with van der Waals surface area (Å²) < 4.78 is 4.78. The highest BCUT2D eigenvalue weighted by Gasteiger charge is 2.41. The highest BCUT2D eigenvalue weighted by molar-refractivity contribution is 5.88. The van der Waals surface area contributed by atoms with Gasteiger partial charge in [-0.25, -0.2) is 4.79 Å². The SMILES string of the molecule is COC(=O)C1CCC(=O)N1C(CC#N)c1ccc(C)cc1. The van der Waals surface area contributed by atoms with Crippen LogP contribution in [0.25, 0.3) is 0 Å². The summed E-state index contributed by atoms with van der Waals surface area (Å²) in [4.78, 5) is 25.5. The summed E-state index contributed by atoms with van der Waals surface area (Å²) in [7, 11) is 1.31. The van der Waals surface area contributed by atoms with Crippen LogP contribution in [-0.4, -0.2) is 29.9 Å². The van der Waals surface area contributed by atoms with Gasteiger partial charge in [0, 0.05) is 6.42 Å². The number of nitriles is 1. The summed E-state index contributed by atoms with van der Waals surface area (Å²) in [5, 5.41) is 9.08. The molecule has 110 valence electrons. The fourth-order valence-electron chi connectivity index (χ4n) is 2.71. The quantitative estimate of drug-likeness (QED) is 0.795. The maximum atomic E-state index is 12.2. The van der Waals surface area contributed by atoms with Crippen molar-refractivity contribution < 1.29 is 14.3 Å². The zero-order chi connectivity index (χ0) is 15.4. The molecule has 0 aromatic heterocycles. The normalized spacial score (nSPS) is 19.2. The lowest BCUT2D eigenvalue weighted by Gasteiger charge is -2.31. The summed E-state index contributed by atoms with van der Waals surface area (Å²) in [6.45, 7) is 1.97. The fraction of sp³-hybridized carbons (Fsp3) is 0.438. The van der Waals surface area contributed by atoms with E-state index in [0.717, 1.165) is 11.1 Å². The van der Waals surface area contributed by atoms with E-state index in [1.807, 2.05) is 31.2 Å². The molecule has 1 fully saturated rings. The lowest BCUT2D eigenvalue weighted by atomic mass is 10.0. The second-order valence-electron chi connectivity index (χ2n) is 5.17. The van der Waals surface area contributed by atoms with E-state index in [9.17, 15) is 9.59 Å². The first kappa shape index (κ1) is 15.0. The third-order valence-electron chi connectivity index (χ3n) is 3.81. The Morgan fingerprint density at radius 1 is 1.48 bits per heavy atom. The average Bonchev–Trinajstić information content (AvgIpc) is 2.87. The third-order valence-corrected chi connectivity index (χ3v) is 3.81. The highest BCUT2D eigenvalue weighted by Crippen LogP contribution is 2.33. The highest BCUT2D eigenvalue weighted by atomic mass is 16.5. The maximum Gasteiger partial charge on any atom is 0.328 e. The number of aryl methyl sites for hydroxylation is 1. The van der Waals surface area contributed by atoms with Crippen LogP contribution in [0, 0.1) is 18.3 Å². The first-order valence-electron chi connectivity index (χ1n) is 6.91. The van der Waals surface area contributed by atoms with E-state index in [1.165, 1.54) is 12.0 Å². The molecular weight excluding hydrogens is 268 g/mol. The number of amides is 1. The Morgan fingerprint density at radius 2 is 2.14 bits per heavy atom. The van der Waals surface area contributed by atoms with E-state index < -0.39 is 18.1 Å². The van der Waals surface area contributed by atoms with Crippen molar-refractivity contribution in [1.29, 1.82) is 5.26 Å². The number of hydrogen-bond acceptors (Lipinski definition) is 4. The van der Waals surface area contributed by atoms with E-state index in [0.29, 0.717) is 12.8 Å². The van der Waals surface area contributed by atoms with E-state index in [2.05, 4.69) is 6.07 Å². The van der Waals surface area contributed by atoms with Gasteiger partial charge >= 0.3 is 5.97 Å². The van der Waals surface area contributed by atoms with E-state index in [-0.39, 0.29) is 12.3 Å². The molecular formula is C16H18N2O3. The van der Waals surface area contributed by atoms with Crippen molar-refractivity contribution in [3.8, 4) is 6.07 Å². The fourth-order valence-corrected chi connectivity index (χ4v) is 2.71. The van der Waals surface area contributed by atoms with Crippen LogP contribution in [0.2, 0.25) is 0 Å². The number of benzene rings is 1. The Kier molecular flexibility index (Phi) is 4.59. The van der Waals surface area contributed by atoms with Crippen molar-refractivity contribution in [2.24, 2.45) is 0 Å². The minimum Gasteiger partial charge on any atom is -0.467 e. The summed E-state index contributed by atoms with van der Waals surface area (Å²) >= 11 is 0. The first-order chi connectivity index (χ1) is 10.1. The smallest absolute Gasteiger partial charge is 0.328 e. The summed E-state index contributed by atoms with van der Waals surface area (Å²) in [6.07, 6.45) is 0.912. The van der Waals surface area contributed by atoms with Gasteiger partial charge in [-0.1, -0.05) is 29.8 Å². The molecule has 1 saturated heterocycles. The van der Waals surface area contributed by atoms with Gasteiger partial charge in [0.05, 0.1) is 25.6 Å². The van der Waals surface area contributed by atoms with Crippen LogP contribution in [-0.2, 0) is 14.3 Å².